The third-order valence-electron chi connectivity index (χ3n) is 4.19. The predicted molar refractivity (Wildman–Crippen MR) is 97.9 cm³/mol. The van der Waals surface area contributed by atoms with E-state index < -0.39 is 23.6 Å². The average molecular weight is 380 g/mol. The molecule has 0 saturated heterocycles. The average Bonchev–Trinajstić information content (AvgIpc) is 2.58. The SMILES string of the molecule is CCOc1cc(-c2ccc(C(F)(F)F)cc2)cc(C(CC(C)C)C(=O)O)c1. The quantitative estimate of drug-likeness (QED) is 0.642. The first-order chi connectivity index (χ1) is 12.6. The van der Waals surface area contributed by atoms with E-state index >= 15 is 0 Å². The van der Waals surface area contributed by atoms with Crippen molar-refractivity contribution >= 4 is 5.97 Å². The summed E-state index contributed by atoms with van der Waals surface area (Å²) in [6, 6.07) is 9.93. The Balaban J connectivity index is 2.49. The van der Waals surface area contributed by atoms with Crippen LogP contribution in [0.15, 0.2) is 42.5 Å². The van der Waals surface area contributed by atoms with Crippen molar-refractivity contribution in [1.82, 2.24) is 0 Å². The number of ether oxygens (including phenoxy) is 1. The summed E-state index contributed by atoms with van der Waals surface area (Å²) in [6.07, 6.45) is -3.94. The van der Waals surface area contributed by atoms with Crippen molar-refractivity contribution in [3.05, 3.63) is 53.6 Å². The van der Waals surface area contributed by atoms with Crippen molar-refractivity contribution in [3.8, 4) is 16.9 Å². The van der Waals surface area contributed by atoms with Crippen molar-refractivity contribution < 1.29 is 27.8 Å². The van der Waals surface area contributed by atoms with Gasteiger partial charge in [-0.2, -0.15) is 13.2 Å². The summed E-state index contributed by atoms with van der Waals surface area (Å²) in [4.78, 5) is 11.7. The second kappa shape index (κ2) is 8.46. The molecule has 2 aromatic rings. The minimum Gasteiger partial charge on any atom is -0.494 e. The van der Waals surface area contributed by atoms with Gasteiger partial charge in [-0.25, -0.2) is 0 Å². The largest absolute Gasteiger partial charge is 0.494 e. The zero-order chi connectivity index (χ0) is 20.2. The van der Waals surface area contributed by atoms with Crippen molar-refractivity contribution in [3.63, 3.8) is 0 Å². The first-order valence-electron chi connectivity index (χ1n) is 8.80. The minimum atomic E-state index is -4.40. The molecule has 1 atom stereocenters. The molecule has 3 nitrogen and oxygen atoms in total. The molecule has 2 aromatic carbocycles. The van der Waals surface area contributed by atoms with Gasteiger partial charge in [-0.15, -0.1) is 0 Å². The molecule has 0 aliphatic rings. The maximum Gasteiger partial charge on any atom is 0.416 e. The molecule has 0 bridgehead atoms. The number of rotatable bonds is 7. The highest BCUT2D eigenvalue weighted by Crippen LogP contribution is 2.35. The fourth-order valence-corrected chi connectivity index (χ4v) is 2.94. The Morgan fingerprint density at radius 1 is 1.07 bits per heavy atom. The highest BCUT2D eigenvalue weighted by Gasteiger charge is 2.30. The number of carboxylic acid groups (broad SMARTS) is 1. The Morgan fingerprint density at radius 3 is 2.19 bits per heavy atom. The lowest BCUT2D eigenvalue weighted by Gasteiger charge is -2.18. The summed E-state index contributed by atoms with van der Waals surface area (Å²) in [7, 11) is 0. The van der Waals surface area contributed by atoms with Crippen LogP contribution in [0.5, 0.6) is 5.75 Å². The van der Waals surface area contributed by atoms with E-state index in [2.05, 4.69) is 0 Å². The molecular weight excluding hydrogens is 357 g/mol. The van der Waals surface area contributed by atoms with Crippen LogP contribution in [0.25, 0.3) is 11.1 Å². The van der Waals surface area contributed by atoms with E-state index in [0.29, 0.717) is 35.5 Å². The summed E-state index contributed by atoms with van der Waals surface area (Å²) in [6.45, 7) is 6.10. The van der Waals surface area contributed by atoms with Crippen LogP contribution in [0.4, 0.5) is 13.2 Å². The Bertz CT molecular complexity index is 780. The van der Waals surface area contributed by atoms with E-state index in [1.54, 1.807) is 18.2 Å². The van der Waals surface area contributed by atoms with E-state index in [1.165, 1.54) is 12.1 Å². The molecule has 1 unspecified atom stereocenters. The fourth-order valence-electron chi connectivity index (χ4n) is 2.94. The first-order valence-corrected chi connectivity index (χ1v) is 8.80. The maximum atomic E-state index is 12.8. The van der Waals surface area contributed by atoms with Gasteiger partial charge in [0.05, 0.1) is 18.1 Å². The fraction of sp³-hybridized carbons (Fsp3) is 0.381. The van der Waals surface area contributed by atoms with Crippen molar-refractivity contribution in [2.45, 2.75) is 39.3 Å². The molecule has 27 heavy (non-hydrogen) atoms. The molecule has 1 N–H and O–H groups in total. The van der Waals surface area contributed by atoms with Gasteiger partial charge in [0.2, 0.25) is 0 Å². The van der Waals surface area contributed by atoms with Crippen LogP contribution in [-0.4, -0.2) is 17.7 Å². The van der Waals surface area contributed by atoms with Gasteiger partial charge in [0.15, 0.2) is 0 Å². The Kier molecular flexibility index (Phi) is 6.52. The van der Waals surface area contributed by atoms with Gasteiger partial charge in [0.25, 0.3) is 0 Å². The van der Waals surface area contributed by atoms with Crippen LogP contribution in [0.3, 0.4) is 0 Å². The lowest BCUT2D eigenvalue weighted by Crippen LogP contribution is -2.14. The van der Waals surface area contributed by atoms with Gasteiger partial charge in [-0.1, -0.05) is 32.0 Å². The number of hydrogen-bond donors (Lipinski definition) is 1. The summed E-state index contributed by atoms with van der Waals surface area (Å²) < 4.78 is 43.9. The van der Waals surface area contributed by atoms with Gasteiger partial charge >= 0.3 is 12.1 Å². The van der Waals surface area contributed by atoms with Crippen LogP contribution < -0.4 is 4.74 Å². The number of benzene rings is 2. The first kappa shape index (κ1) is 20.8. The predicted octanol–water partition coefficient (Wildman–Crippen LogP) is 5.99. The van der Waals surface area contributed by atoms with Crippen LogP contribution in [0.2, 0.25) is 0 Å². The highest BCUT2D eigenvalue weighted by atomic mass is 19.4. The molecule has 0 aliphatic heterocycles. The van der Waals surface area contributed by atoms with E-state index in [-0.39, 0.29) is 5.92 Å². The zero-order valence-corrected chi connectivity index (χ0v) is 15.5. The number of carbonyl (C=O) groups is 1. The molecular formula is C21H23F3O3. The lowest BCUT2D eigenvalue weighted by atomic mass is 9.88. The van der Waals surface area contributed by atoms with E-state index in [0.717, 1.165) is 12.1 Å². The molecule has 0 aromatic heterocycles. The minimum absolute atomic E-state index is 0.177. The Labute approximate surface area is 156 Å². The number of carboxylic acids is 1. The number of aliphatic carboxylic acids is 1. The molecule has 0 saturated carbocycles. The standard InChI is InChI=1S/C21H23F3O3/c1-4-27-18-11-15(14-5-7-17(8-6-14)21(22,23)24)10-16(12-18)19(20(25)26)9-13(2)3/h5-8,10-13,19H,4,9H2,1-3H3,(H,25,26). The second-order valence-corrected chi connectivity index (χ2v) is 6.82. The zero-order valence-electron chi connectivity index (χ0n) is 15.5. The number of hydrogen-bond acceptors (Lipinski definition) is 2. The molecule has 146 valence electrons. The van der Waals surface area contributed by atoms with Crippen molar-refractivity contribution in [2.24, 2.45) is 5.92 Å². The molecule has 0 heterocycles. The lowest BCUT2D eigenvalue weighted by molar-refractivity contribution is -0.139. The summed E-state index contributed by atoms with van der Waals surface area (Å²) in [5.41, 5.74) is 1.05. The topological polar surface area (TPSA) is 46.5 Å². The van der Waals surface area contributed by atoms with Gasteiger partial charge in [0, 0.05) is 0 Å². The summed E-state index contributed by atoms with van der Waals surface area (Å²) >= 11 is 0. The molecule has 2 rings (SSSR count). The van der Waals surface area contributed by atoms with Crippen LogP contribution in [-0.2, 0) is 11.0 Å². The maximum absolute atomic E-state index is 12.8. The van der Waals surface area contributed by atoms with Gasteiger partial charge in [0.1, 0.15) is 5.75 Å². The van der Waals surface area contributed by atoms with Crippen molar-refractivity contribution in [2.75, 3.05) is 6.61 Å². The third kappa shape index (κ3) is 5.49. The Morgan fingerprint density at radius 2 is 1.70 bits per heavy atom. The molecule has 6 heteroatoms. The highest BCUT2D eigenvalue weighted by molar-refractivity contribution is 5.78. The van der Waals surface area contributed by atoms with E-state index in [1.807, 2.05) is 20.8 Å². The van der Waals surface area contributed by atoms with Crippen LogP contribution in [0, 0.1) is 5.92 Å². The molecule has 0 aliphatic carbocycles. The number of alkyl halides is 3. The Hall–Kier alpha value is -2.50. The van der Waals surface area contributed by atoms with Gasteiger partial charge in [-0.05, 0) is 60.2 Å². The molecule has 0 amide bonds. The second-order valence-electron chi connectivity index (χ2n) is 6.82. The summed E-state index contributed by atoms with van der Waals surface area (Å²) in [5, 5.41) is 9.62. The smallest absolute Gasteiger partial charge is 0.416 e. The van der Waals surface area contributed by atoms with Gasteiger partial charge < -0.3 is 9.84 Å². The van der Waals surface area contributed by atoms with E-state index in [9.17, 15) is 23.1 Å². The van der Waals surface area contributed by atoms with E-state index in [4.69, 9.17) is 4.74 Å². The molecule has 0 fully saturated rings. The normalized spacial score (nSPS) is 12.9. The third-order valence-corrected chi connectivity index (χ3v) is 4.19. The number of halogens is 3. The molecule has 0 spiro atoms. The van der Waals surface area contributed by atoms with Gasteiger partial charge in [-0.3, -0.25) is 4.79 Å². The van der Waals surface area contributed by atoms with Crippen LogP contribution in [0.1, 0.15) is 44.2 Å². The monoisotopic (exact) mass is 380 g/mol. The molecule has 0 radical (unpaired) electrons. The van der Waals surface area contributed by atoms with Crippen molar-refractivity contribution in [1.29, 1.82) is 0 Å². The summed E-state index contributed by atoms with van der Waals surface area (Å²) in [5.74, 6) is -0.967. The van der Waals surface area contributed by atoms with Crippen LogP contribution >= 0.6 is 0 Å².